The maximum absolute atomic E-state index is 6.16. The molecule has 0 radical (unpaired) electrons. The van der Waals surface area contributed by atoms with Crippen molar-refractivity contribution in [3.05, 3.63) is 95.7 Å². The second kappa shape index (κ2) is 8.63. The standard InChI is InChI=1S/C26H28N4O2/c1-18-15-23(20-7-10-27-11-8-20)28-26(29(18)3)30-12-14-32-25(17-30)19(2)22-6-4-5-21-9-13-31-24(21)16-22/h4-5,7-8,10-11,15-16,25H,1-2,6,9,12-14,17H2,3H3. The predicted molar refractivity (Wildman–Crippen MR) is 126 cm³/mol. The van der Waals surface area contributed by atoms with Gasteiger partial charge in [-0.1, -0.05) is 25.3 Å². The summed E-state index contributed by atoms with van der Waals surface area (Å²) in [5, 5.41) is 0. The number of hydrogen-bond donors (Lipinski definition) is 0. The number of morpholine rings is 1. The van der Waals surface area contributed by atoms with E-state index in [1.807, 2.05) is 30.2 Å². The molecule has 32 heavy (non-hydrogen) atoms. The summed E-state index contributed by atoms with van der Waals surface area (Å²) in [6, 6.07) is 3.94. The maximum Gasteiger partial charge on any atom is 0.206 e. The van der Waals surface area contributed by atoms with E-state index in [9.17, 15) is 0 Å². The molecule has 4 aliphatic rings. The van der Waals surface area contributed by atoms with Crippen molar-refractivity contribution in [2.75, 3.05) is 33.4 Å². The van der Waals surface area contributed by atoms with E-state index in [-0.39, 0.29) is 6.10 Å². The van der Waals surface area contributed by atoms with Crippen molar-refractivity contribution in [2.45, 2.75) is 18.9 Å². The van der Waals surface area contributed by atoms with E-state index in [4.69, 9.17) is 14.5 Å². The van der Waals surface area contributed by atoms with Crippen molar-refractivity contribution < 1.29 is 9.47 Å². The van der Waals surface area contributed by atoms with Crippen LogP contribution in [-0.2, 0) is 9.47 Å². The van der Waals surface area contributed by atoms with Gasteiger partial charge in [-0.15, -0.1) is 0 Å². The van der Waals surface area contributed by atoms with Crippen molar-refractivity contribution in [3.63, 3.8) is 0 Å². The Kier molecular flexibility index (Phi) is 5.53. The summed E-state index contributed by atoms with van der Waals surface area (Å²) in [6.45, 7) is 11.5. The monoisotopic (exact) mass is 428 g/mol. The van der Waals surface area contributed by atoms with Crippen molar-refractivity contribution >= 4 is 11.7 Å². The van der Waals surface area contributed by atoms with Gasteiger partial charge in [-0.3, -0.25) is 4.98 Å². The highest BCUT2D eigenvalue weighted by Crippen LogP contribution is 2.31. The fourth-order valence-electron chi connectivity index (χ4n) is 4.36. The van der Waals surface area contributed by atoms with Gasteiger partial charge in [0, 0.05) is 43.7 Å². The van der Waals surface area contributed by atoms with Gasteiger partial charge in [-0.05, 0) is 47.4 Å². The summed E-state index contributed by atoms with van der Waals surface area (Å²) >= 11 is 0. The van der Waals surface area contributed by atoms with Crippen molar-refractivity contribution in [1.29, 1.82) is 0 Å². The molecule has 0 N–H and O–H groups in total. The number of aromatic nitrogens is 1. The SMILES string of the molecule is C=C(C1=CC2=C(C=CC1)CCO2)C1CN(C2=NC(c3ccncc3)=CC(=C)N2C)CCO1. The molecule has 1 aliphatic carbocycles. The van der Waals surface area contributed by atoms with E-state index in [2.05, 4.69) is 41.3 Å². The van der Waals surface area contributed by atoms with E-state index in [0.29, 0.717) is 13.2 Å². The van der Waals surface area contributed by atoms with Gasteiger partial charge in [-0.2, -0.15) is 0 Å². The molecule has 0 amide bonds. The maximum atomic E-state index is 6.16. The lowest BCUT2D eigenvalue weighted by Crippen LogP contribution is -2.51. The number of likely N-dealkylation sites (N-methyl/N-ethyl adjacent to an activating group) is 1. The van der Waals surface area contributed by atoms with Crippen LogP contribution in [0.2, 0.25) is 0 Å². The Balaban J connectivity index is 1.37. The minimum absolute atomic E-state index is 0.105. The summed E-state index contributed by atoms with van der Waals surface area (Å²) in [6.07, 6.45) is 13.8. The molecule has 1 aromatic rings. The quantitative estimate of drug-likeness (QED) is 0.727. The average molecular weight is 429 g/mol. The molecule has 6 heteroatoms. The van der Waals surface area contributed by atoms with Gasteiger partial charge in [0.1, 0.15) is 5.76 Å². The molecule has 4 heterocycles. The number of pyridine rings is 1. The molecule has 3 aliphatic heterocycles. The van der Waals surface area contributed by atoms with E-state index in [0.717, 1.165) is 60.2 Å². The van der Waals surface area contributed by atoms with Gasteiger partial charge >= 0.3 is 0 Å². The molecule has 0 spiro atoms. The lowest BCUT2D eigenvalue weighted by atomic mass is 9.97. The van der Waals surface area contributed by atoms with Gasteiger partial charge in [-0.25, -0.2) is 4.99 Å². The van der Waals surface area contributed by atoms with Crippen LogP contribution >= 0.6 is 0 Å². The topological polar surface area (TPSA) is 50.2 Å². The van der Waals surface area contributed by atoms with Gasteiger partial charge < -0.3 is 19.3 Å². The fraction of sp³-hybridized carbons (Fsp3) is 0.308. The molecule has 1 fully saturated rings. The summed E-state index contributed by atoms with van der Waals surface area (Å²) in [4.78, 5) is 13.4. The van der Waals surface area contributed by atoms with Crippen LogP contribution in [0.4, 0.5) is 0 Å². The van der Waals surface area contributed by atoms with E-state index in [1.54, 1.807) is 12.4 Å². The van der Waals surface area contributed by atoms with Gasteiger partial charge in [0.15, 0.2) is 0 Å². The van der Waals surface area contributed by atoms with Crippen LogP contribution in [-0.4, -0.2) is 60.2 Å². The summed E-state index contributed by atoms with van der Waals surface area (Å²) in [5.41, 5.74) is 6.26. The first-order valence-corrected chi connectivity index (χ1v) is 11.0. The molecule has 1 unspecified atom stereocenters. The average Bonchev–Trinajstić information content (AvgIpc) is 3.17. The zero-order valence-electron chi connectivity index (χ0n) is 18.5. The van der Waals surface area contributed by atoms with Crippen molar-refractivity contribution in [3.8, 4) is 0 Å². The zero-order chi connectivity index (χ0) is 22.1. The number of aliphatic imine (C=N–C) groups is 1. The molecular weight excluding hydrogens is 400 g/mol. The van der Waals surface area contributed by atoms with E-state index < -0.39 is 0 Å². The minimum atomic E-state index is -0.105. The summed E-state index contributed by atoms with van der Waals surface area (Å²) in [7, 11) is 2.00. The van der Waals surface area contributed by atoms with Crippen LogP contribution < -0.4 is 0 Å². The number of ether oxygens (including phenoxy) is 2. The number of hydrogen-bond acceptors (Lipinski definition) is 6. The second-order valence-corrected chi connectivity index (χ2v) is 8.32. The highest BCUT2D eigenvalue weighted by molar-refractivity contribution is 5.91. The number of guanidine groups is 1. The number of nitrogens with zero attached hydrogens (tertiary/aromatic N) is 4. The first kappa shape index (κ1) is 20.5. The smallest absolute Gasteiger partial charge is 0.206 e. The number of allylic oxidation sites excluding steroid dienone is 4. The van der Waals surface area contributed by atoms with Gasteiger partial charge in [0.2, 0.25) is 5.96 Å². The lowest BCUT2D eigenvalue weighted by molar-refractivity contribution is 0.0139. The molecule has 1 saturated heterocycles. The molecule has 164 valence electrons. The fourth-order valence-corrected chi connectivity index (χ4v) is 4.36. The molecule has 1 atom stereocenters. The molecule has 0 saturated carbocycles. The van der Waals surface area contributed by atoms with Crippen LogP contribution in [0.1, 0.15) is 18.4 Å². The Morgan fingerprint density at radius 1 is 1.19 bits per heavy atom. The Morgan fingerprint density at radius 2 is 2.03 bits per heavy atom. The Morgan fingerprint density at radius 3 is 2.88 bits per heavy atom. The Hall–Kier alpha value is -3.38. The molecular formula is C26H28N4O2. The summed E-state index contributed by atoms with van der Waals surface area (Å²) in [5.74, 6) is 1.85. The van der Waals surface area contributed by atoms with Crippen molar-refractivity contribution in [2.24, 2.45) is 4.99 Å². The third kappa shape index (κ3) is 3.94. The van der Waals surface area contributed by atoms with Crippen LogP contribution in [0.3, 0.4) is 0 Å². The summed E-state index contributed by atoms with van der Waals surface area (Å²) < 4.78 is 12.0. The van der Waals surface area contributed by atoms with Crippen LogP contribution in [0.5, 0.6) is 0 Å². The van der Waals surface area contributed by atoms with E-state index >= 15 is 0 Å². The minimum Gasteiger partial charge on any atom is -0.493 e. The highest BCUT2D eigenvalue weighted by atomic mass is 16.5. The zero-order valence-corrected chi connectivity index (χ0v) is 18.5. The van der Waals surface area contributed by atoms with Crippen molar-refractivity contribution in [1.82, 2.24) is 14.8 Å². The third-order valence-electron chi connectivity index (χ3n) is 6.29. The van der Waals surface area contributed by atoms with Gasteiger partial charge in [0.25, 0.3) is 0 Å². The lowest BCUT2D eigenvalue weighted by Gasteiger charge is -2.40. The van der Waals surface area contributed by atoms with E-state index in [1.165, 1.54) is 11.1 Å². The Labute approximate surface area is 189 Å². The first-order chi connectivity index (χ1) is 15.6. The predicted octanol–water partition coefficient (Wildman–Crippen LogP) is 4.06. The molecule has 5 rings (SSSR count). The second-order valence-electron chi connectivity index (χ2n) is 8.32. The molecule has 0 aromatic carbocycles. The molecule has 0 bridgehead atoms. The Bertz CT molecular complexity index is 1090. The normalized spacial score (nSPS) is 23.2. The van der Waals surface area contributed by atoms with Gasteiger partial charge in [0.05, 0.1) is 31.6 Å². The molecule has 6 nitrogen and oxygen atoms in total. The first-order valence-electron chi connectivity index (χ1n) is 11.0. The number of rotatable bonds is 3. The highest BCUT2D eigenvalue weighted by Gasteiger charge is 2.30. The van der Waals surface area contributed by atoms with Crippen LogP contribution in [0.25, 0.3) is 5.70 Å². The third-order valence-corrected chi connectivity index (χ3v) is 6.29. The largest absolute Gasteiger partial charge is 0.493 e. The van der Waals surface area contributed by atoms with Crippen LogP contribution in [0, 0.1) is 0 Å². The van der Waals surface area contributed by atoms with Crippen LogP contribution in [0.15, 0.2) is 95.2 Å². The molecule has 1 aromatic heterocycles.